The molecule has 0 aliphatic carbocycles. The van der Waals surface area contributed by atoms with Crippen LogP contribution in [0.5, 0.6) is 11.5 Å². The van der Waals surface area contributed by atoms with Gasteiger partial charge in [0, 0.05) is 51.3 Å². The summed E-state index contributed by atoms with van der Waals surface area (Å²) in [4.78, 5) is 130. The first kappa shape index (κ1) is 65.6. The van der Waals surface area contributed by atoms with Crippen LogP contribution in [0, 0.1) is 32.6 Å². The van der Waals surface area contributed by atoms with Gasteiger partial charge >= 0.3 is 0 Å². The Morgan fingerprint density at radius 3 is 2.04 bits per heavy atom. The van der Waals surface area contributed by atoms with Crippen LogP contribution in [0.25, 0.3) is 0 Å². The van der Waals surface area contributed by atoms with Crippen molar-refractivity contribution in [1.29, 1.82) is 0 Å². The molecular formula is C59H81N13O12S. The number of imidazole rings is 1. The molecule has 8 atom stereocenters. The van der Waals surface area contributed by atoms with Gasteiger partial charge in [0.2, 0.25) is 53.2 Å². The molecule has 6 rings (SSSR count). The number of rotatable bonds is 16. The normalized spacial score (nSPS) is 22.5. The number of aryl methyl sites for hydroxylation is 1. The number of nitrogens with one attached hydrogen (secondary N) is 8. The smallest absolute Gasteiger partial charge is 0.264 e. The Bertz CT molecular complexity index is 3180. The molecule has 3 aromatic carbocycles. The lowest BCUT2D eigenvalue weighted by Gasteiger charge is -2.32. The highest BCUT2D eigenvalue weighted by molar-refractivity contribution is 7.90. The molecule has 0 spiro atoms. The molecule has 85 heavy (non-hydrogen) atoms. The van der Waals surface area contributed by atoms with Crippen LogP contribution < -0.4 is 47.1 Å². The van der Waals surface area contributed by atoms with Crippen molar-refractivity contribution in [3.8, 4) is 11.5 Å². The molecule has 2 saturated heterocycles. The van der Waals surface area contributed by atoms with Crippen LogP contribution in [0.2, 0.25) is 0 Å². The highest BCUT2D eigenvalue weighted by Crippen LogP contribution is 2.30. The van der Waals surface area contributed by atoms with E-state index in [4.69, 9.17) is 10.5 Å². The van der Waals surface area contributed by atoms with Gasteiger partial charge in [0.25, 0.3) is 10.0 Å². The third kappa shape index (κ3) is 17.5. The number of aliphatic imine (C=N–C) groups is 1. The maximum Gasteiger partial charge on any atom is 0.264 e. The van der Waals surface area contributed by atoms with Crippen molar-refractivity contribution in [3.63, 3.8) is 0 Å². The Balaban J connectivity index is 1.36. The Kier molecular flexibility index (Phi) is 23.0. The average Bonchev–Trinajstić information content (AvgIpc) is 4.21. The van der Waals surface area contributed by atoms with E-state index in [1.54, 1.807) is 90.1 Å². The number of hydrogen-bond acceptors (Lipinski definition) is 14. The number of fused-ring (bicyclic) bond motifs is 1. The number of hydrogen-bond donors (Lipinski definition) is 10. The minimum atomic E-state index is -4.24. The van der Waals surface area contributed by atoms with Gasteiger partial charge < -0.3 is 62.3 Å². The van der Waals surface area contributed by atoms with Crippen molar-refractivity contribution in [3.05, 3.63) is 107 Å². The number of methoxy groups -OCH3 is 1. The minimum Gasteiger partial charge on any atom is -0.508 e. The van der Waals surface area contributed by atoms with E-state index in [9.17, 15) is 51.9 Å². The van der Waals surface area contributed by atoms with Gasteiger partial charge in [0.05, 0.1) is 24.9 Å². The van der Waals surface area contributed by atoms with Gasteiger partial charge in [-0.15, -0.1) is 0 Å². The molecule has 4 aromatic rings. The van der Waals surface area contributed by atoms with E-state index in [0.717, 1.165) is 4.90 Å². The topological polar surface area (TPSA) is 358 Å². The lowest BCUT2D eigenvalue weighted by Crippen LogP contribution is -2.62. The number of nitrogens with zero attached hydrogens (tertiary/aromatic N) is 4. The zero-order chi connectivity index (χ0) is 62.3. The first-order valence-corrected chi connectivity index (χ1v) is 29.9. The summed E-state index contributed by atoms with van der Waals surface area (Å²) in [5.41, 5.74) is 9.24. The molecule has 0 bridgehead atoms. The number of likely N-dealkylation sites (N-methyl/N-ethyl adjacent to an activating group) is 1. The maximum absolute atomic E-state index is 14.9. The summed E-state index contributed by atoms with van der Waals surface area (Å²) in [5.74, 6) is -7.11. The molecule has 1 aromatic heterocycles. The molecule has 460 valence electrons. The van der Waals surface area contributed by atoms with Crippen LogP contribution in [0.4, 0.5) is 0 Å². The molecule has 2 aliphatic heterocycles. The van der Waals surface area contributed by atoms with Crippen molar-refractivity contribution >= 4 is 63.2 Å². The van der Waals surface area contributed by atoms with E-state index in [-0.39, 0.29) is 62.3 Å². The number of guanidine groups is 1. The van der Waals surface area contributed by atoms with E-state index in [1.165, 1.54) is 43.7 Å². The molecule has 2 fully saturated rings. The Labute approximate surface area is 495 Å². The number of aromatic amines is 1. The molecule has 0 saturated carbocycles. The van der Waals surface area contributed by atoms with E-state index in [0.29, 0.717) is 52.1 Å². The highest BCUT2D eigenvalue weighted by Gasteiger charge is 2.42. The molecular weight excluding hydrogens is 1110 g/mol. The average molecular weight is 1200 g/mol. The lowest BCUT2D eigenvalue weighted by molar-refractivity contribution is -0.143. The summed E-state index contributed by atoms with van der Waals surface area (Å²) in [6, 6.07) is 7.26. The standard InChI is InChI=1S/C59H81N13O12S/c1-10-34(4)50-56(79)67-45(29-40-30-61-32-63-40)58(81)72-25-15-19-46(72)54(77)66-44(28-38-16-12-11-13-17-38)57(80)71(8)31-48(74)64-42(18-14-24-62-59(60)70-85(82,83)51-35(5)26-47(84-9)36(6)37(51)7)52(75)68-49(33(2)3)55(78)65-43(53(76)69-50)27-39-20-22-41(73)23-21-39/h11-13,16-17,20-23,26,30,32-34,42-46,49-50,73H,10,14-15,18-19,24-25,27-29,31H2,1-9H3,(H,61,63)(H,64,74)(H,65,78)(H,66,77)(H,67,79)(H,68,75)(H,69,76)(H3,60,62,70)/t34-,42-,43-,44-,45-,46-,49-,50-/m0/s1. The number of phenolic OH excluding ortho intramolecular Hbond substituents is 1. The van der Waals surface area contributed by atoms with E-state index in [2.05, 4.69) is 51.6 Å². The summed E-state index contributed by atoms with van der Waals surface area (Å²) in [5, 5.41) is 26.8. The van der Waals surface area contributed by atoms with Crippen LogP contribution in [0.15, 0.2) is 83.1 Å². The number of benzene rings is 3. The Morgan fingerprint density at radius 2 is 1.39 bits per heavy atom. The van der Waals surface area contributed by atoms with Crippen LogP contribution in [-0.2, 0) is 67.6 Å². The van der Waals surface area contributed by atoms with Gasteiger partial charge in [-0.2, -0.15) is 0 Å². The summed E-state index contributed by atoms with van der Waals surface area (Å²) in [6.45, 7) is 11.2. The monoisotopic (exact) mass is 1200 g/mol. The summed E-state index contributed by atoms with van der Waals surface area (Å²) >= 11 is 0. The molecule has 11 N–H and O–H groups in total. The summed E-state index contributed by atoms with van der Waals surface area (Å²) < 4.78 is 35.0. The first-order chi connectivity index (χ1) is 40.3. The van der Waals surface area contributed by atoms with Crippen molar-refractivity contribution < 1.29 is 56.6 Å². The van der Waals surface area contributed by atoms with Gasteiger partial charge in [-0.1, -0.05) is 76.6 Å². The van der Waals surface area contributed by atoms with Gasteiger partial charge in [-0.3, -0.25) is 43.3 Å². The van der Waals surface area contributed by atoms with Crippen LogP contribution in [-0.4, -0.2) is 163 Å². The summed E-state index contributed by atoms with van der Waals surface area (Å²) in [7, 11) is -1.41. The van der Waals surface area contributed by atoms with Gasteiger partial charge in [-0.25, -0.2) is 18.1 Å². The number of sulfonamides is 1. The zero-order valence-corrected chi connectivity index (χ0v) is 50.4. The van der Waals surface area contributed by atoms with Gasteiger partial charge in [0.15, 0.2) is 0 Å². The number of carbonyl (C=O) groups is 8. The van der Waals surface area contributed by atoms with Crippen molar-refractivity contribution in [1.82, 2.24) is 56.4 Å². The number of aromatic hydroxyl groups is 1. The van der Waals surface area contributed by atoms with E-state index in [1.807, 2.05) is 6.92 Å². The molecule has 25 nitrogen and oxygen atoms in total. The third-order valence-corrected chi connectivity index (χ3v) is 17.1. The van der Waals surface area contributed by atoms with Crippen LogP contribution in [0.1, 0.15) is 93.3 Å². The fourth-order valence-electron chi connectivity index (χ4n) is 10.4. The number of amides is 8. The van der Waals surface area contributed by atoms with Crippen molar-refractivity contribution in [2.45, 2.75) is 147 Å². The molecule has 0 unspecified atom stereocenters. The molecule has 8 amide bonds. The highest BCUT2D eigenvalue weighted by atomic mass is 32.2. The zero-order valence-electron chi connectivity index (χ0n) is 49.6. The molecule has 0 radical (unpaired) electrons. The number of nitrogens with two attached hydrogens (primary N) is 1. The molecule has 26 heteroatoms. The second kappa shape index (κ2) is 29.8. The first-order valence-electron chi connectivity index (χ1n) is 28.4. The number of phenols is 1. The largest absolute Gasteiger partial charge is 0.508 e. The van der Waals surface area contributed by atoms with E-state index >= 15 is 0 Å². The lowest BCUT2D eigenvalue weighted by atomic mass is 9.96. The minimum absolute atomic E-state index is 0.00737. The number of ether oxygens (including phenoxy) is 1. The maximum atomic E-state index is 14.9. The third-order valence-electron chi connectivity index (χ3n) is 15.4. The molecule has 2 aliphatic rings. The van der Waals surface area contributed by atoms with E-state index < -0.39 is 124 Å². The Hall–Kier alpha value is -8.55. The molecule has 3 heterocycles. The second-order valence-electron chi connectivity index (χ2n) is 22.1. The number of H-pyrrole nitrogens is 1. The van der Waals surface area contributed by atoms with Gasteiger partial charge in [-0.05, 0) is 104 Å². The predicted molar refractivity (Wildman–Crippen MR) is 316 cm³/mol. The quantitative estimate of drug-likeness (QED) is 0.0429. The number of carbonyl (C=O) groups excluding carboxylic acids is 8. The fraction of sp³-hybridized carbons (Fsp3) is 0.492. The van der Waals surface area contributed by atoms with Crippen LogP contribution >= 0.6 is 0 Å². The van der Waals surface area contributed by atoms with Gasteiger partial charge in [0.1, 0.15) is 53.8 Å². The number of aromatic nitrogens is 2. The second-order valence-corrected chi connectivity index (χ2v) is 23.7. The van der Waals surface area contributed by atoms with Crippen LogP contribution in [0.3, 0.4) is 0 Å². The predicted octanol–water partition coefficient (Wildman–Crippen LogP) is 1.22. The summed E-state index contributed by atoms with van der Waals surface area (Å²) in [6.07, 6.45) is 3.51. The fourth-order valence-corrected chi connectivity index (χ4v) is 11.9. The Morgan fingerprint density at radius 1 is 0.776 bits per heavy atom. The SMILES string of the molecule is CC[C@H](C)[C@@H]1NC(=O)[C@H](Cc2ccc(O)cc2)NC(=O)[C@H](C(C)C)NC(=O)[C@H](CCCN=C(N)NS(=O)(=O)c2c(C)cc(OC)c(C)c2C)NC(=O)CN(C)C(=O)[C@H](Cc2ccccc2)NC(=O)[C@@H]2CCCN2C(=O)[C@H](Cc2cnc[nH]2)NC1=O. The van der Waals surface area contributed by atoms with Crippen molar-refractivity contribution in [2.75, 3.05) is 33.8 Å². The van der Waals surface area contributed by atoms with Crippen molar-refractivity contribution in [2.24, 2.45) is 22.6 Å².